The highest BCUT2D eigenvalue weighted by Crippen LogP contribution is 2.03. The highest BCUT2D eigenvalue weighted by atomic mass is 16.6. The molecule has 0 atom stereocenters. The second kappa shape index (κ2) is 8.65. The van der Waals surface area contributed by atoms with E-state index in [9.17, 15) is 9.59 Å². The Morgan fingerprint density at radius 1 is 1.12 bits per heavy atom. The van der Waals surface area contributed by atoms with E-state index >= 15 is 0 Å². The average Bonchev–Trinajstić information content (AvgIpc) is 2.30. The van der Waals surface area contributed by atoms with Gasteiger partial charge in [-0.05, 0) is 12.0 Å². The van der Waals surface area contributed by atoms with Crippen LogP contribution in [0.15, 0.2) is 30.3 Å². The highest BCUT2D eigenvalue weighted by molar-refractivity contribution is 5.84. The Morgan fingerprint density at radius 2 is 1.69 bits per heavy atom. The summed E-state index contributed by atoms with van der Waals surface area (Å²) in [4.78, 5) is 21.4. The van der Waals surface area contributed by atoms with Gasteiger partial charge >= 0.3 is 11.9 Å². The van der Waals surface area contributed by atoms with Crippen molar-refractivity contribution in [3.63, 3.8) is 0 Å². The molecule has 3 heteroatoms. The van der Waals surface area contributed by atoms with E-state index in [4.69, 9.17) is 0 Å². The Balaban J connectivity index is 0.00000106. The molecule has 1 aromatic rings. The molecule has 3 nitrogen and oxygen atoms in total. The zero-order chi connectivity index (χ0) is 12.4. The Labute approximate surface area is 96.4 Å². The molecular weight excluding hydrogens is 204 g/mol. The Morgan fingerprint density at radius 3 is 2.19 bits per heavy atom. The van der Waals surface area contributed by atoms with E-state index in [2.05, 4.69) is 4.74 Å². The molecule has 0 fully saturated rings. The van der Waals surface area contributed by atoms with Crippen LogP contribution in [0, 0.1) is 0 Å². The molecule has 0 aliphatic rings. The van der Waals surface area contributed by atoms with E-state index < -0.39 is 11.9 Å². The molecule has 0 heterocycles. The van der Waals surface area contributed by atoms with Crippen LogP contribution in [0.1, 0.15) is 32.8 Å². The molecule has 0 bridgehead atoms. The van der Waals surface area contributed by atoms with Crippen molar-refractivity contribution >= 4 is 11.9 Å². The van der Waals surface area contributed by atoms with Crippen LogP contribution in [0.25, 0.3) is 0 Å². The molecule has 0 amide bonds. The molecule has 0 N–H and O–H groups in total. The van der Waals surface area contributed by atoms with Gasteiger partial charge in [0.25, 0.3) is 0 Å². The number of aryl methyl sites for hydroxylation is 1. The van der Waals surface area contributed by atoms with Crippen molar-refractivity contribution in [2.24, 2.45) is 0 Å². The molecule has 0 aliphatic heterocycles. The number of carbonyl (C=O) groups excluding carboxylic acids is 2. The maximum atomic E-state index is 11.0. The van der Waals surface area contributed by atoms with Gasteiger partial charge in [0.2, 0.25) is 0 Å². The second-order valence-electron chi connectivity index (χ2n) is 2.95. The lowest BCUT2D eigenvalue weighted by Gasteiger charge is -2.00. The van der Waals surface area contributed by atoms with Crippen molar-refractivity contribution in [3.05, 3.63) is 35.9 Å². The highest BCUT2D eigenvalue weighted by Gasteiger charge is 2.05. The fourth-order valence-corrected chi connectivity index (χ4v) is 1.10. The number of ether oxygens (including phenoxy) is 1. The quantitative estimate of drug-likeness (QED) is 0.583. The third-order valence-corrected chi connectivity index (χ3v) is 1.72. The molecule has 0 saturated carbocycles. The molecule has 0 spiro atoms. The smallest absolute Gasteiger partial charge is 0.313 e. The molecule has 1 aromatic carbocycles. The van der Waals surface area contributed by atoms with Gasteiger partial charge in [-0.2, -0.15) is 0 Å². The fourth-order valence-electron chi connectivity index (χ4n) is 1.10. The van der Waals surface area contributed by atoms with Crippen LogP contribution in [0.4, 0.5) is 0 Å². The summed E-state index contributed by atoms with van der Waals surface area (Å²) >= 11 is 0. The Bertz CT molecular complexity index is 317. The Kier molecular flexibility index (Phi) is 7.76. The molecular formula is C13H18O3. The van der Waals surface area contributed by atoms with E-state index in [0.29, 0.717) is 6.42 Å². The van der Waals surface area contributed by atoms with Gasteiger partial charge < -0.3 is 4.74 Å². The molecule has 1 rings (SSSR count). The third kappa shape index (κ3) is 6.76. The maximum absolute atomic E-state index is 11.0. The second-order valence-corrected chi connectivity index (χ2v) is 2.95. The first-order valence-corrected chi connectivity index (χ1v) is 5.43. The third-order valence-electron chi connectivity index (χ3n) is 1.72. The number of benzene rings is 1. The molecule has 0 aromatic heterocycles. The molecule has 88 valence electrons. The van der Waals surface area contributed by atoms with Crippen LogP contribution < -0.4 is 0 Å². The number of hydrogen-bond acceptors (Lipinski definition) is 3. The zero-order valence-corrected chi connectivity index (χ0v) is 10.0. The average molecular weight is 222 g/mol. The van der Waals surface area contributed by atoms with Gasteiger partial charge in [0.15, 0.2) is 0 Å². The van der Waals surface area contributed by atoms with Gasteiger partial charge in [0.05, 0.1) is 6.42 Å². The van der Waals surface area contributed by atoms with E-state index in [1.165, 1.54) is 6.92 Å². The number of hydrogen-bond donors (Lipinski definition) is 0. The standard InChI is InChI=1S/C11H12O3.C2H6/c1-9(12)14-11(13)8-7-10-5-3-2-4-6-10;1-2/h2-6H,7-8H2,1H3;1-2H3. The summed E-state index contributed by atoms with van der Waals surface area (Å²) in [6.45, 7) is 5.22. The molecule has 0 radical (unpaired) electrons. The molecule has 0 saturated heterocycles. The minimum atomic E-state index is -0.553. The summed E-state index contributed by atoms with van der Waals surface area (Å²) in [5.41, 5.74) is 1.06. The van der Waals surface area contributed by atoms with Crippen molar-refractivity contribution in [3.8, 4) is 0 Å². The van der Waals surface area contributed by atoms with Crippen LogP contribution >= 0.6 is 0 Å². The van der Waals surface area contributed by atoms with Gasteiger partial charge in [-0.15, -0.1) is 0 Å². The molecule has 0 aliphatic carbocycles. The predicted octanol–water partition coefficient (Wildman–Crippen LogP) is 2.74. The number of esters is 2. The topological polar surface area (TPSA) is 43.4 Å². The van der Waals surface area contributed by atoms with Crippen LogP contribution in [0.5, 0.6) is 0 Å². The van der Waals surface area contributed by atoms with Gasteiger partial charge in [-0.25, -0.2) is 0 Å². The molecule has 16 heavy (non-hydrogen) atoms. The maximum Gasteiger partial charge on any atom is 0.313 e. The lowest BCUT2D eigenvalue weighted by atomic mass is 10.1. The van der Waals surface area contributed by atoms with E-state index in [0.717, 1.165) is 5.56 Å². The first kappa shape index (κ1) is 14.4. The summed E-state index contributed by atoms with van der Waals surface area (Å²) in [7, 11) is 0. The van der Waals surface area contributed by atoms with Crippen molar-refractivity contribution in [1.29, 1.82) is 0 Å². The van der Waals surface area contributed by atoms with E-state index in [1.54, 1.807) is 0 Å². The first-order valence-electron chi connectivity index (χ1n) is 5.43. The van der Waals surface area contributed by atoms with Crippen LogP contribution in [0.3, 0.4) is 0 Å². The summed E-state index contributed by atoms with van der Waals surface area (Å²) in [6, 6.07) is 9.59. The largest absolute Gasteiger partial charge is 0.393 e. The minimum absolute atomic E-state index is 0.240. The fraction of sp³-hybridized carbons (Fsp3) is 0.385. The lowest BCUT2D eigenvalue weighted by Crippen LogP contribution is -2.09. The number of rotatable bonds is 3. The van der Waals surface area contributed by atoms with Gasteiger partial charge in [0, 0.05) is 6.92 Å². The SMILES string of the molecule is CC.CC(=O)OC(=O)CCc1ccccc1. The normalized spacial score (nSPS) is 8.69. The van der Waals surface area contributed by atoms with Crippen LogP contribution in [-0.2, 0) is 20.7 Å². The summed E-state index contributed by atoms with van der Waals surface area (Å²) in [6.07, 6.45) is 0.844. The summed E-state index contributed by atoms with van der Waals surface area (Å²) < 4.78 is 4.39. The van der Waals surface area contributed by atoms with E-state index in [1.807, 2.05) is 44.2 Å². The van der Waals surface area contributed by atoms with E-state index in [-0.39, 0.29) is 6.42 Å². The predicted molar refractivity (Wildman–Crippen MR) is 62.9 cm³/mol. The van der Waals surface area contributed by atoms with Gasteiger partial charge in [0.1, 0.15) is 0 Å². The molecule has 0 unspecified atom stereocenters. The number of carbonyl (C=O) groups is 2. The lowest BCUT2D eigenvalue weighted by molar-refractivity contribution is -0.157. The van der Waals surface area contributed by atoms with Crippen molar-refractivity contribution < 1.29 is 14.3 Å². The van der Waals surface area contributed by atoms with Crippen molar-refractivity contribution in [2.45, 2.75) is 33.6 Å². The van der Waals surface area contributed by atoms with Crippen molar-refractivity contribution in [1.82, 2.24) is 0 Å². The van der Waals surface area contributed by atoms with Crippen LogP contribution in [-0.4, -0.2) is 11.9 Å². The van der Waals surface area contributed by atoms with Gasteiger partial charge in [-0.1, -0.05) is 44.2 Å². The Hall–Kier alpha value is -1.64. The van der Waals surface area contributed by atoms with Crippen molar-refractivity contribution in [2.75, 3.05) is 0 Å². The monoisotopic (exact) mass is 222 g/mol. The minimum Gasteiger partial charge on any atom is -0.393 e. The summed E-state index contributed by atoms with van der Waals surface area (Å²) in [5.74, 6) is -1.02. The van der Waals surface area contributed by atoms with Crippen LogP contribution in [0.2, 0.25) is 0 Å². The van der Waals surface area contributed by atoms with Gasteiger partial charge in [-0.3, -0.25) is 9.59 Å². The zero-order valence-electron chi connectivity index (χ0n) is 10.0. The summed E-state index contributed by atoms with van der Waals surface area (Å²) in [5, 5.41) is 0. The first-order chi connectivity index (χ1) is 7.68.